The van der Waals surface area contributed by atoms with Crippen molar-refractivity contribution in [1.29, 1.82) is 0 Å². The van der Waals surface area contributed by atoms with E-state index < -0.39 is 10.2 Å². The molecule has 0 saturated carbocycles. The molecule has 2 rings (SSSR count). The molecule has 8 heteroatoms. The number of hydrogen-bond donors (Lipinski definition) is 2. The van der Waals surface area contributed by atoms with Gasteiger partial charge in [-0.15, -0.1) is 0 Å². The molecular weight excluding hydrogens is 355 g/mol. The Hall–Kier alpha value is -0.870. The van der Waals surface area contributed by atoms with Gasteiger partial charge in [0.15, 0.2) is 5.82 Å². The molecule has 0 aliphatic rings. The summed E-state index contributed by atoms with van der Waals surface area (Å²) < 4.78 is 27.0. The predicted molar refractivity (Wildman–Crippen MR) is 74.9 cm³/mol. The number of anilines is 1. The zero-order chi connectivity index (χ0) is 12.8. The van der Waals surface area contributed by atoms with Crippen LogP contribution < -0.4 is 9.86 Å². The highest BCUT2D eigenvalue weighted by atomic mass is 127. The fourth-order valence-electron chi connectivity index (χ4n) is 1.74. The third kappa shape index (κ3) is 2.38. The Morgan fingerprint density at radius 2 is 2.12 bits per heavy atom. The monoisotopic (exact) mass is 366 g/mol. The first-order chi connectivity index (χ1) is 7.79. The highest BCUT2D eigenvalue weighted by Gasteiger charge is 2.16. The Morgan fingerprint density at radius 1 is 1.47 bits per heavy atom. The molecule has 0 atom stereocenters. The van der Waals surface area contributed by atoms with Gasteiger partial charge in [0.05, 0.1) is 5.52 Å². The van der Waals surface area contributed by atoms with Crippen LogP contribution in [0.3, 0.4) is 0 Å². The number of fused-ring (bicyclic) bond motifs is 1. The van der Waals surface area contributed by atoms with Crippen molar-refractivity contribution in [2.24, 2.45) is 12.2 Å². The summed E-state index contributed by atoms with van der Waals surface area (Å²) in [4.78, 5) is 0. The van der Waals surface area contributed by atoms with Crippen LogP contribution in [0.25, 0.3) is 10.9 Å². The van der Waals surface area contributed by atoms with Crippen LogP contribution >= 0.6 is 22.6 Å². The Morgan fingerprint density at radius 3 is 2.71 bits per heavy atom. The first kappa shape index (κ1) is 12.6. The van der Waals surface area contributed by atoms with Gasteiger partial charge in [0.1, 0.15) is 0 Å². The molecule has 0 saturated heterocycles. The average molecular weight is 366 g/mol. The first-order valence-electron chi connectivity index (χ1n) is 4.72. The highest BCUT2D eigenvalue weighted by Crippen LogP contribution is 2.29. The highest BCUT2D eigenvalue weighted by molar-refractivity contribution is 14.1. The van der Waals surface area contributed by atoms with Gasteiger partial charge in [-0.25, -0.2) is 5.14 Å². The summed E-state index contributed by atoms with van der Waals surface area (Å²) in [5.41, 5.74) is 1.83. The maximum atomic E-state index is 11.1. The molecule has 0 radical (unpaired) electrons. The maximum absolute atomic E-state index is 11.1. The van der Waals surface area contributed by atoms with Crippen LogP contribution in [0.1, 0.15) is 5.56 Å². The molecule has 1 aromatic heterocycles. The van der Waals surface area contributed by atoms with Gasteiger partial charge in [-0.1, -0.05) is 6.07 Å². The molecule has 0 spiro atoms. The van der Waals surface area contributed by atoms with Crippen LogP contribution in [-0.2, 0) is 17.3 Å². The molecule has 2 aromatic rings. The molecule has 0 fully saturated rings. The van der Waals surface area contributed by atoms with Gasteiger partial charge in [-0.3, -0.25) is 9.40 Å². The van der Waals surface area contributed by atoms with E-state index in [1.165, 1.54) is 0 Å². The van der Waals surface area contributed by atoms with E-state index in [1.54, 1.807) is 11.7 Å². The van der Waals surface area contributed by atoms with Crippen molar-refractivity contribution >= 4 is 49.5 Å². The molecule has 0 amide bonds. The average Bonchev–Trinajstić information content (AvgIpc) is 2.48. The van der Waals surface area contributed by atoms with Gasteiger partial charge in [-0.2, -0.15) is 13.5 Å². The van der Waals surface area contributed by atoms with Gasteiger partial charge in [0.2, 0.25) is 0 Å². The number of nitrogens with one attached hydrogen (secondary N) is 1. The fourth-order valence-corrected chi connectivity index (χ4v) is 2.95. The maximum Gasteiger partial charge on any atom is 0.297 e. The van der Waals surface area contributed by atoms with Gasteiger partial charge in [0, 0.05) is 16.0 Å². The molecule has 3 N–H and O–H groups in total. The molecule has 0 bridgehead atoms. The largest absolute Gasteiger partial charge is 0.297 e. The smallest absolute Gasteiger partial charge is 0.265 e. The van der Waals surface area contributed by atoms with E-state index >= 15 is 0 Å². The van der Waals surface area contributed by atoms with E-state index in [1.807, 2.05) is 19.1 Å². The number of hydrogen-bond acceptors (Lipinski definition) is 3. The first-order valence-corrected chi connectivity index (χ1v) is 7.34. The van der Waals surface area contributed by atoms with Crippen LogP contribution in [0.15, 0.2) is 12.1 Å². The van der Waals surface area contributed by atoms with E-state index in [-0.39, 0.29) is 5.82 Å². The summed E-state index contributed by atoms with van der Waals surface area (Å²) in [6.45, 7) is 1.90. The minimum atomic E-state index is -3.81. The number of benzene rings is 1. The van der Waals surface area contributed by atoms with Crippen molar-refractivity contribution in [3.63, 3.8) is 0 Å². The molecule has 0 unspecified atom stereocenters. The molecule has 0 aliphatic heterocycles. The lowest BCUT2D eigenvalue weighted by molar-refractivity contribution is 0.602. The van der Waals surface area contributed by atoms with E-state index in [2.05, 4.69) is 32.4 Å². The number of aromatic nitrogens is 2. The van der Waals surface area contributed by atoms with Gasteiger partial charge in [-0.05, 0) is 41.1 Å². The van der Waals surface area contributed by atoms with Crippen LogP contribution in [0.5, 0.6) is 0 Å². The van der Waals surface area contributed by atoms with Crippen LogP contribution in [0.4, 0.5) is 5.82 Å². The lowest BCUT2D eigenvalue weighted by Crippen LogP contribution is -2.22. The van der Waals surface area contributed by atoms with Crippen LogP contribution in [-0.4, -0.2) is 18.2 Å². The van der Waals surface area contributed by atoms with Crippen molar-refractivity contribution < 1.29 is 8.42 Å². The van der Waals surface area contributed by atoms with Crippen LogP contribution in [0, 0.1) is 10.5 Å². The van der Waals surface area contributed by atoms with Gasteiger partial charge in [0.25, 0.3) is 10.2 Å². The summed E-state index contributed by atoms with van der Waals surface area (Å²) in [5.74, 6) is 0.265. The molecule has 1 heterocycles. The van der Waals surface area contributed by atoms with Gasteiger partial charge < -0.3 is 0 Å². The normalized spacial score (nSPS) is 12.0. The molecule has 92 valence electrons. The van der Waals surface area contributed by atoms with Crippen molar-refractivity contribution in [1.82, 2.24) is 9.78 Å². The lowest BCUT2D eigenvalue weighted by atomic mass is 10.1. The molecule has 1 aromatic carbocycles. The third-order valence-corrected chi connectivity index (χ3v) is 3.73. The Kier molecular flexibility index (Phi) is 3.04. The van der Waals surface area contributed by atoms with Crippen molar-refractivity contribution in [2.75, 3.05) is 4.72 Å². The van der Waals surface area contributed by atoms with E-state index in [0.717, 1.165) is 20.0 Å². The summed E-state index contributed by atoms with van der Waals surface area (Å²) in [5, 5.41) is 9.88. The lowest BCUT2D eigenvalue weighted by Gasteiger charge is -2.02. The van der Waals surface area contributed by atoms with Crippen molar-refractivity contribution in [3.8, 4) is 0 Å². The van der Waals surface area contributed by atoms with Crippen molar-refractivity contribution in [3.05, 3.63) is 21.3 Å². The zero-order valence-electron chi connectivity index (χ0n) is 9.23. The summed E-state index contributed by atoms with van der Waals surface area (Å²) in [6, 6.07) is 3.88. The summed E-state index contributed by atoms with van der Waals surface area (Å²) >= 11 is 2.18. The second-order valence-corrected chi connectivity index (χ2v) is 6.16. The fraction of sp³-hybridized carbons (Fsp3) is 0.222. The molecule has 6 nitrogen and oxygen atoms in total. The molecular formula is C9H11IN4O2S. The van der Waals surface area contributed by atoms with Gasteiger partial charge >= 0.3 is 0 Å². The second kappa shape index (κ2) is 4.10. The zero-order valence-corrected chi connectivity index (χ0v) is 12.2. The quantitative estimate of drug-likeness (QED) is 0.780. The minimum Gasteiger partial charge on any atom is -0.265 e. The molecule has 0 aliphatic carbocycles. The Bertz CT molecular complexity index is 693. The number of rotatable bonds is 2. The number of halogens is 1. The van der Waals surface area contributed by atoms with E-state index in [4.69, 9.17) is 5.14 Å². The Labute approximate surface area is 112 Å². The Balaban J connectivity index is 2.79. The van der Waals surface area contributed by atoms with Crippen molar-refractivity contribution in [2.45, 2.75) is 6.92 Å². The summed E-state index contributed by atoms with van der Waals surface area (Å²) in [6.07, 6.45) is 0. The SMILES string of the molecule is Cc1ccc(I)c2c1c(NS(N)(=O)=O)nn2C. The second-order valence-electron chi connectivity index (χ2n) is 3.71. The third-order valence-electron chi connectivity index (χ3n) is 2.39. The summed E-state index contributed by atoms with van der Waals surface area (Å²) in [7, 11) is -2.05. The topological polar surface area (TPSA) is 90.0 Å². The van der Waals surface area contributed by atoms with E-state index in [9.17, 15) is 8.42 Å². The van der Waals surface area contributed by atoms with E-state index in [0.29, 0.717) is 0 Å². The number of aryl methyl sites for hydroxylation is 2. The number of nitrogens with two attached hydrogens (primary N) is 1. The number of nitrogens with zero attached hydrogens (tertiary/aromatic N) is 2. The van der Waals surface area contributed by atoms with Crippen LogP contribution in [0.2, 0.25) is 0 Å². The standard InChI is InChI=1S/C9H11IN4O2S/c1-5-3-4-6(10)8-7(5)9(12-14(8)2)13-17(11,15)16/h3-4H,1-2H3,(H,12,13)(H2,11,15,16). The predicted octanol–water partition coefficient (Wildman–Crippen LogP) is 1.10. The molecule has 17 heavy (non-hydrogen) atoms. The minimum absolute atomic E-state index is 0.265.